The molecule has 1 amide bonds. The van der Waals surface area contributed by atoms with Crippen LogP contribution in [-0.4, -0.2) is 35.2 Å². The summed E-state index contributed by atoms with van der Waals surface area (Å²) < 4.78 is 0. The fourth-order valence-corrected chi connectivity index (χ4v) is 1.86. The minimum Gasteiger partial charge on any atom is -0.327 e. The minimum atomic E-state index is -0.448. The van der Waals surface area contributed by atoms with Gasteiger partial charge in [-0.25, -0.2) is 0 Å². The van der Waals surface area contributed by atoms with E-state index in [9.17, 15) is 9.59 Å². The van der Waals surface area contributed by atoms with E-state index in [0.717, 1.165) is 0 Å². The fourth-order valence-electron chi connectivity index (χ4n) is 1.86. The maximum absolute atomic E-state index is 12.5. The molecule has 2 aromatic rings. The molecule has 104 valence electrons. The molecule has 5 heteroatoms. The molecule has 2 rings (SSSR count). The quantitative estimate of drug-likeness (QED) is 0.633. The zero-order valence-corrected chi connectivity index (χ0v) is 11.5. The molecule has 0 aliphatic rings. The van der Waals surface area contributed by atoms with Crippen LogP contribution in [0.25, 0.3) is 0 Å². The Bertz CT molecular complexity index is 705. The molecule has 0 N–H and O–H groups in total. The second-order valence-electron chi connectivity index (χ2n) is 4.41. The highest BCUT2D eigenvalue weighted by Gasteiger charge is 2.21. The van der Waals surface area contributed by atoms with Gasteiger partial charge in [-0.15, -0.1) is 0 Å². The van der Waals surface area contributed by atoms with E-state index >= 15 is 0 Å². The van der Waals surface area contributed by atoms with Gasteiger partial charge in [0.05, 0.1) is 11.6 Å². The smallest absolute Gasteiger partial charge is 0.273 e. The Morgan fingerprint density at radius 2 is 1.90 bits per heavy atom. The Morgan fingerprint density at radius 3 is 2.57 bits per heavy atom. The van der Waals surface area contributed by atoms with Gasteiger partial charge in [0.1, 0.15) is 12.2 Å². The van der Waals surface area contributed by atoms with E-state index in [2.05, 4.69) is 4.98 Å². The molecule has 0 atom stereocenters. The predicted octanol–water partition coefficient (Wildman–Crippen LogP) is 1.91. The molecule has 0 aliphatic carbocycles. The van der Waals surface area contributed by atoms with Gasteiger partial charge in [0.25, 0.3) is 5.91 Å². The van der Waals surface area contributed by atoms with Crippen LogP contribution in [0, 0.1) is 11.3 Å². The SMILES string of the molecule is CN(CC#N)C(=O)c1ncccc1C(=O)c1ccccc1. The summed E-state index contributed by atoms with van der Waals surface area (Å²) in [7, 11) is 1.50. The monoisotopic (exact) mass is 279 g/mol. The third kappa shape index (κ3) is 3.12. The summed E-state index contributed by atoms with van der Waals surface area (Å²) in [5.74, 6) is -0.714. The van der Waals surface area contributed by atoms with Gasteiger partial charge >= 0.3 is 0 Å². The zero-order chi connectivity index (χ0) is 15.2. The summed E-state index contributed by atoms with van der Waals surface area (Å²) in [5, 5.41) is 8.66. The lowest BCUT2D eigenvalue weighted by Gasteiger charge is -2.14. The van der Waals surface area contributed by atoms with Crippen molar-refractivity contribution >= 4 is 11.7 Å². The van der Waals surface area contributed by atoms with Crippen molar-refractivity contribution in [3.8, 4) is 6.07 Å². The van der Waals surface area contributed by atoms with Crippen LogP contribution < -0.4 is 0 Å². The summed E-state index contributed by atoms with van der Waals surface area (Å²) in [4.78, 5) is 30.0. The Kier molecular flexibility index (Phi) is 4.42. The molecule has 1 heterocycles. The van der Waals surface area contributed by atoms with Crippen molar-refractivity contribution in [2.75, 3.05) is 13.6 Å². The molecule has 1 aromatic heterocycles. The number of benzene rings is 1. The molecule has 0 saturated carbocycles. The topological polar surface area (TPSA) is 74.1 Å². The normalized spacial score (nSPS) is 9.71. The molecule has 0 unspecified atom stereocenters. The number of nitrogens with zero attached hydrogens (tertiary/aromatic N) is 3. The van der Waals surface area contributed by atoms with Crippen LogP contribution in [0.1, 0.15) is 26.4 Å². The van der Waals surface area contributed by atoms with Gasteiger partial charge in [0.2, 0.25) is 0 Å². The Morgan fingerprint density at radius 1 is 1.19 bits per heavy atom. The Balaban J connectivity index is 2.40. The molecule has 0 bridgehead atoms. The van der Waals surface area contributed by atoms with Crippen molar-refractivity contribution in [1.29, 1.82) is 5.26 Å². The summed E-state index contributed by atoms with van der Waals surface area (Å²) in [6, 6.07) is 13.8. The number of carbonyl (C=O) groups is 2. The lowest BCUT2D eigenvalue weighted by molar-refractivity contribution is 0.0801. The van der Waals surface area contributed by atoms with Crippen molar-refractivity contribution < 1.29 is 9.59 Å². The molecule has 0 saturated heterocycles. The fraction of sp³-hybridized carbons (Fsp3) is 0.125. The maximum atomic E-state index is 12.5. The molecule has 5 nitrogen and oxygen atoms in total. The molecule has 0 fully saturated rings. The minimum absolute atomic E-state index is 0.0594. The van der Waals surface area contributed by atoms with E-state index in [0.29, 0.717) is 5.56 Å². The van der Waals surface area contributed by atoms with E-state index in [4.69, 9.17) is 5.26 Å². The van der Waals surface area contributed by atoms with Gasteiger partial charge in [0, 0.05) is 18.8 Å². The maximum Gasteiger partial charge on any atom is 0.273 e. The van der Waals surface area contributed by atoms with Gasteiger partial charge in [-0.3, -0.25) is 14.6 Å². The van der Waals surface area contributed by atoms with E-state index in [-0.39, 0.29) is 23.6 Å². The summed E-state index contributed by atoms with van der Waals surface area (Å²) in [6.45, 7) is -0.0611. The Hall–Kier alpha value is -3.00. The first-order chi connectivity index (χ1) is 10.1. The number of amides is 1. The van der Waals surface area contributed by atoms with Crippen molar-refractivity contribution in [1.82, 2.24) is 9.88 Å². The third-order valence-electron chi connectivity index (χ3n) is 2.95. The van der Waals surface area contributed by atoms with Crippen LogP contribution in [0.5, 0.6) is 0 Å². The van der Waals surface area contributed by atoms with Gasteiger partial charge in [-0.05, 0) is 12.1 Å². The summed E-state index contributed by atoms with van der Waals surface area (Å²) in [6.07, 6.45) is 1.45. The van der Waals surface area contributed by atoms with Gasteiger partial charge in [-0.2, -0.15) is 5.26 Å². The van der Waals surface area contributed by atoms with E-state index in [1.807, 2.05) is 12.1 Å². The number of hydrogen-bond donors (Lipinski definition) is 0. The van der Waals surface area contributed by atoms with E-state index < -0.39 is 5.91 Å². The lowest BCUT2D eigenvalue weighted by atomic mass is 10.0. The van der Waals surface area contributed by atoms with Crippen molar-refractivity contribution in [3.63, 3.8) is 0 Å². The average Bonchev–Trinajstić information content (AvgIpc) is 2.54. The van der Waals surface area contributed by atoms with E-state index in [1.165, 1.54) is 18.1 Å². The van der Waals surface area contributed by atoms with Crippen LogP contribution in [0.15, 0.2) is 48.7 Å². The number of carbonyl (C=O) groups excluding carboxylic acids is 2. The summed E-state index contributed by atoms with van der Waals surface area (Å²) in [5.41, 5.74) is 0.782. The average molecular weight is 279 g/mol. The highest BCUT2D eigenvalue weighted by atomic mass is 16.2. The Labute approximate surface area is 122 Å². The number of nitriles is 1. The molecular formula is C16H13N3O2. The number of pyridine rings is 1. The van der Waals surface area contributed by atoms with Crippen LogP contribution in [-0.2, 0) is 0 Å². The number of hydrogen-bond acceptors (Lipinski definition) is 4. The van der Waals surface area contributed by atoms with Gasteiger partial charge in [0.15, 0.2) is 5.78 Å². The van der Waals surface area contributed by atoms with Crippen LogP contribution >= 0.6 is 0 Å². The highest BCUT2D eigenvalue weighted by Crippen LogP contribution is 2.14. The first-order valence-electron chi connectivity index (χ1n) is 6.32. The third-order valence-corrected chi connectivity index (χ3v) is 2.95. The van der Waals surface area contributed by atoms with Crippen LogP contribution in [0.4, 0.5) is 0 Å². The summed E-state index contributed by atoms with van der Waals surface area (Å²) >= 11 is 0. The molecule has 0 radical (unpaired) electrons. The number of aromatic nitrogens is 1. The van der Waals surface area contributed by atoms with Crippen LogP contribution in [0.2, 0.25) is 0 Å². The standard InChI is InChI=1S/C16H13N3O2/c1-19(11-9-17)16(21)14-13(8-5-10-18-14)15(20)12-6-3-2-4-7-12/h2-8,10H,11H2,1H3. The first-order valence-corrected chi connectivity index (χ1v) is 6.32. The van der Waals surface area contributed by atoms with Crippen molar-refractivity contribution in [2.45, 2.75) is 0 Å². The first kappa shape index (κ1) is 14.4. The zero-order valence-electron chi connectivity index (χ0n) is 11.5. The second-order valence-corrected chi connectivity index (χ2v) is 4.41. The molecule has 1 aromatic carbocycles. The van der Waals surface area contributed by atoms with Crippen LogP contribution in [0.3, 0.4) is 0 Å². The van der Waals surface area contributed by atoms with Crippen molar-refractivity contribution in [2.24, 2.45) is 0 Å². The van der Waals surface area contributed by atoms with E-state index in [1.54, 1.807) is 36.4 Å². The molecular weight excluding hydrogens is 266 g/mol. The molecule has 0 spiro atoms. The molecule has 0 aliphatic heterocycles. The molecule has 21 heavy (non-hydrogen) atoms. The second kappa shape index (κ2) is 6.44. The predicted molar refractivity (Wildman–Crippen MR) is 76.7 cm³/mol. The van der Waals surface area contributed by atoms with Crippen molar-refractivity contribution in [3.05, 3.63) is 65.5 Å². The number of rotatable bonds is 4. The highest BCUT2D eigenvalue weighted by molar-refractivity contribution is 6.14. The number of ketones is 1. The van der Waals surface area contributed by atoms with Gasteiger partial charge in [-0.1, -0.05) is 30.3 Å². The largest absolute Gasteiger partial charge is 0.327 e. The van der Waals surface area contributed by atoms with Gasteiger partial charge < -0.3 is 4.90 Å². The lowest BCUT2D eigenvalue weighted by Crippen LogP contribution is -2.29.